The lowest BCUT2D eigenvalue weighted by Gasteiger charge is -2.10. The first-order chi connectivity index (χ1) is 8.88. The zero-order valence-corrected chi connectivity index (χ0v) is 11.4. The SMILES string of the molecule is Nc1nc(Nc2cc(Cl)c(Cl)cc2Cl)c(F)cc1F. The van der Waals surface area contributed by atoms with Crippen LogP contribution in [0.25, 0.3) is 0 Å². The predicted octanol–water partition coefficient (Wildman–Crippen LogP) is 4.65. The third-order valence-corrected chi connectivity index (χ3v) is 3.25. The molecule has 0 aliphatic heterocycles. The van der Waals surface area contributed by atoms with Gasteiger partial charge in [-0.2, -0.15) is 0 Å². The normalized spacial score (nSPS) is 10.6. The first kappa shape index (κ1) is 14.1. The topological polar surface area (TPSA) is 50.9 Å². The molecule has 0 fully saturated rings. The maximum absolute atomic E-state index is 13.5. The van der Waals surface area contributed by atoms with Crippen LogP contribution in [0.5, 0.6) is 0 Å². The van der Waals surface area contributed by atoms with Gasteiger partial charge in [-0.1, -0.05) is 34.8 Å². The van der Waals surface area contributed by atoms with E-state index in [1.807, 2.05) is 0 Å². The highest BCUT2D eigenvalue weighted by Gasteiger charge is 2.12. The minimum Gasteiger partial charge on any atom is -0.381 e. The molecule has 0 aliphatic carbocycles. The van der Waals surface area contributed by atoms with Crippen LogP contribution in [0, 0.1) is 11.6 Å². The average molecular weight is 325 g/mol. The Hall–Kier alpha value is -1.30. The number of nitrogens with one attached hydrogen (secondary N) is 1. The van der Waals surface area contributed by atoms with Crippen molar-refractivity contribution in [3.63, 3.8) is 0 Å². The number of nitrogens with zero attached hydrogens (tertiary/aromatic N) is 1. The molecule has 0 unspecified atom stereocenters. The van der Waals surface area contributed by atoms with Crippen molar-refractivity contribution in [3.05, 3.63) is 44.9 Å². The summed E-state index contributed by atoms with van der Waals surface area (Å²) in [5.41, 5.74) is 5.53. The third-order valence-electron chi connectivity index (χ3n) is 2.22. The number of rotatable bonds is 2. The average Bonchev–Trinajstić information content (AvgIpc) is 2.32. The molecule has 0 amide bonds. The van der Waals surface area contributed by atoms with E-state index in [9.17, 15) is 8.78 Å². The number of nitrogens with two attached hydrogens (primary N) is 1. The molecular formula is C11H6Cl3F2N3. The molecule has 1 aromatic heterocycles. The van der Waals surface area contributed by atoms with Gasteiger partial charge < -0.3 is 11.1 Å². The standard InChI is InChI=1S/C11H6Cl3F2N3/c12-4-1-6(14)9(2-5(4)13)18-11-8(16)3-7(15)10(17)19-11/h1-3H,(H3,17,18,19). The molecule has 0 saturated carbocycles. The van der Waals surface area contributed by atoms with Gasteiger partial charge in [0.25, 0.3) is 0 Å². The molecule has 3 N–H and O–H groups in total. The number of hydrogen-bond donors (Lipinski definition) is 2. The van der Waals surface area contributed by atoms with Gasteiger partial charge in [0.15, 0.2) is 23.3 Å². The summed E-state index contributed by atoms with van der Waals surface area (Å²) in [5.74, 6) is -2.55. The van der Waals surface area contributed by atoms with Gasteiger partial charge in [-0.3, -0.25) is 0 Å². The van der Waals surface area contributed by atoms with E-state index in [4.69, 9.17) is 40.5 Å². The van der Waals surface area contributed by atoms with Gasteiger partial charge in [0, 0.05) is 6.07 Å². The van der Waals surface area contributed by atoms with E-state index in [1.165, 1.54) is 12.1 Å². The first-order valence-corrected chi connectivity index (χ1v) is 6.05. The Morgan fingerprint density at radius 1 is 0.947 bits per heavy atom. The maximum Gasteiger partial charge on any atom is 0.169 e. The summed E-state index contributed by atoms with van der Waals surface area (Å²) in [7, 11) is 0. The van der Waals surface area contributed by atoms with E-state index in [2.05, 4.69) is 10.3 Å². The first-order valence-electron chi connectivity index (χ1n) is 4.91. The number of aromatic nitrogens is 1. The van der Waals surface area contributed by atoms with Gasteiger partial charge in [-0.05, 0) is 12.1 Å². The predicted molar refractivity (Wildman–Crippen MR) is 73.3 cm³/mol. The van der Waals surface area contributed by atoms with Gasteiger partial charge in [0.2, 0.25) is 0 Å². The lowest BCUT2D eigenvalue weighted by molar-refractivity contribution is 0.581. The van der Waals surface area contributed by atoms with E-state index >= 15 is 0 Å². The van der Waals surface area contributed by atoms with E-state index in [0.717, 1.165) is 0 Å². The fourth-order valence-electron chi connectivity index (χ4n) is 1.31. The highest BCUT2D eigenvalue weighted by atomic mass is 35.5. The van der Waals surface area contributed by atoms with Crippen molar-refractivity contribution >= 4 is 52.1 Å². The van der Waals surface area contributed by atoms with Crippen LogP contribution in [-0.4, -0.2) is 4.98 Å². The highest BCUT2D eigenvalue weighted by Crippen LogP contribution is 2.34. The van der Waals surface area contributed by atoms with Crippen LogP contribution in [0.15, 0.2) is 18.2 Å². The Morgan fingerprint density at radius 3 is 2.26 bits per heavy atom. The Morgan fingerprint density at radius 2 is 1.58 bits per heavy atom. The third kappa shape index (κ3) is 3.00. The number of nitrogen functional groups attached to an aromatic ring is 1. The molecule has 0 saturated heterocycles. The summed E-state index contributed by atoms with van der Waals surface area (Å²) in [5, 5.41) is 3.26. The summed E-state index contributed by atoms with van der Waals surface area (Å²) in [6, 6.07) is 3.40. The molecule has 1 heterocycles. The molecule has 19 heavy (non-hydrogen) atoms. The van der Waals surface area contributed by atoms with Crippen LogP contribution in [-0.2, 0) is 0 Å². The molecule has 0 atom stereocenters. The fraction of sp³-hybridized carbons (Fsp3) is 0. The lowest BCUT2D eigenvalue weighted by Crippen LogP contribution is -2.03. The second kappa shape index (κ2) is 5.36. The molecule has 1 aromatic carbocycles. The van der Waals surface area contributed by atoms with Crippen molar-refractivity contribution in [1.29, 1.82) is 0 Å². The summed E-state index contributed by atoms with van der Waals surface area (Å²) < 4.78 is 26.5. The zero-order valence-electron chi connectivity index (χ0n) is 9.15. The van der Waals surface area contributed by atoms with Gasteiger partial charge in [0.1, 0.15) is 0 Å². The van der Waals surface area contributed by atoms with Crippen molar-refractivity contribution in [2.45, 2.75) is 0 Å². The second-order valence-electron chi connectivity index (χ2n) is 3.56. The molecule has 3 nitrogen and oxygen atoms in total. The van der Waals surface area contributed by atoms with E-state index in [-0.39, 0.29) is 26.6 Å². The number of pyridine rings is 1. The van der Waals surface area contributed by atoms with Crippen LogP contribution in [0.1, 0.15) is 0 Å². The molecule has 8 heteroatoms. The van der Waals surface area contributed by atoms with Crippen molar-refractivity contribution in [2.24, 2.45) is 0 Å². The Bertz CT molecular complexity index is 594. The Labute approximate surface area is 122 Å². The van der Waals surface area contributed by atoms with Crippen molar-refractivity contribution in [1.82, 2.24) is 4.98 Å². The Kier molecular flexibility index (Phi) is 3.99. The minimum atomic E-state index is -0.941. The van der Waals surface area contributed by atoms with E-state index < -0.39 is 17.5 Å². The maximum atomic E-state index is 13.5. The molecule has 2 rings (SSSR count). The van der Waals surface area contributed by atoms with Crippen LogP contribution >= 0.6 is 34.8 Å². The number of halogens is 5. The Balaban J connectivity index is 2.42. The number of benzene rings is 1. The number of hydrogen-bond acceptors (Lipinski definition) is 3. The molecule has 0 aliphatic rings. The van der Waals surface area contributed by atoms with Crippen LogP contribution < -0.4 is 11.1 Å². The highest BCUT2D eigenvalue weighted by molar-refractivity contribution is 6.44. The molecular weight excluding hydrogens is 318 g/mol. The van der Waals surface area contributed by atoms with E-state index in [1.54, 1.807) is 0 Å². The number of anilines is 3. The van der Waals surface area contributed by atoms with Crippen molar-refractivity contribution in [2.75, 3.05) is 11.1 Å². The smallest absolute Gasteiger partial charge is 0.169 e. The summed E-state index contributed by atoms with van der Waals surface area (Å²) >= 11 is 17.5. The monoisotopic (exact) mass is 323 g/mol. The molecule has 0 radical (unpaired) electrons. The summed E-state index contributed by atoms with van der Waals surface area (Å²) in [6.45, 7) is 0. The largest absolute Gasteiger partial charge is 0.381 e. The van der Waals surface area contributed by atoms with Crippen LogP contribution in [0.2, 0.25) is 15.1 Å². The summed E-state index contributed by atoms with van der Waals surface area (Å²) in [6.07, 6.45) is 0. The van der Waals surface area contributed by atoms with Crippen molar-refractivity contribution in [3.8, 4) is 0 Å². The van der Waals surface area contributed by atoms with Crippen molar-refractivity contribution < 1.29 is 8.78 Å². The van der Waals surface area contributed by atoms with Gasteiger partial charge in [-0.25, -0.2) is 13.8 Å². The lowest BCUT2D eigenvalue weighted by atomic mass is 10.3. The quantitative estimate of drug-likeness (QED) is 0.791. The van der Waals surface area contributed by atoms with Gasteiger partial charge in [-0.15, -0.1) is 0 Å². The molecule has 0 bridgehead atoms. The fourth-order valence-corrected chi connectivity index (χ4v) is 1.91. The van der Waals surface area contributed by atoms with Gasteiger partial charge >= 0.3 is 0 Å². The van der Waals surface area contributed by atoms with Crippen LogP contribution in [0.4, 0.5) is 26.1 Å². The zero-order chi connectivity index (χ0) is 14.2. The molecule has 0 spiro atoms. The van der Waals surface area contributed by atoms with Gasteiger partial charge in [0.05, 0.1) is 20.8 Å². The van der Waals surface area contributed by atoms with E-state index in [0.29, 0.717) is 6.07 Å². The molecule has 100 valence electrons. The summed E-state index contributed by atoms with van der Waals surface area (Å²) in [4.78, 5) is 3.54. The molecule has 2 aromatic rings. The second-order valence-corrected chi connectivity index (χ2v) is 4.78. The minimum absolute atomic E-state index is 0.207. The van der Waals surface area contributed by atoms with Crippen LogP contribution in [0.3, 0.4) is 0 Å².